The third-order valence-electron chi connectivity index (χ3n) is 6.42. The lowest BCUT2D eigenvalue weighted by Crippen LogP contribution is -2.29. The monoisotopic (exact) mass is 615 g/mol. The summed E-state index contributed by atoms with van der Waals surface area (Å²) in [6.45, 7) is 6.17. The Bertz CT molecular complexity index is 1840. The van der Waals surface area contributed by atoms with Crippen LogP contribution in [0.1, 0.15) is 32.0 Å². The number of nitro groups is 1. The fourth-order valence-electron chi connectivity index (χ4n) is 4.12. The number of anilines is 2. The molecule has 13 nitrogen and oxygen atoms in total. The largest absolute Gasteiger partial charge is 0.457 e. The number of ether oxygens (including phenoxy) is 2. The topological polar surface area (TPSA) is 163 Å². The maximum atomic E-state index is 13.1. The number of thiazole rings is 1. The quantitative estimate of drug-likeness (QED) is 0.124. The zero-order valence-corrected chi connectivity index (χ0v) is 25.1. The average Bonchev–Trinajstić information content (AvgIpc) is 3.60. The van der Waals surface area contributed by atoms with Crippen LogP contribution in [-0.4, -0.2) is 38.9 Å². The van der Waals surface area contributed by atoms with Gasteiger partial charge in [0.05, 0.1) is 33.6 Å². The third kappa shape index (κ3) is 6.93. The number of hydrogen-bond donors (Lipinski definition) is 3. The first kappa shape index (κ1) is 30.0. The van der Waals surface area contributed by atoms with Gasteiger partial charge < -0.3 is 14.8 Å². The van der Waals surface area contributed by atoms with Crippen molar-refractivity contribution < 1.29 is 24.0 Å². The second kappa shape index (κ2) is 12.4. The number of urea groups is 1. The van der Waals surface area contributed by atoms with Gasteiger partial charge in [-0.2, -0.15) is 5.10 Å². The summed E-state index contributed by atoms with van der Waals surface area (Å²) in [5, 5.41) is 24.4. The van der Waals surface area contributed by atoms with Crippen LogP contribution in [0, 0.1) is 10.1 Å². The number of hydrogen-bond acceptors (Lipinski definition) is 9. The lowest BCUT2D eigenvalue weighted by molar-refractivity contribution is -0.384. The molecule has 0 saturated heterocycles. The van der Waals surface area contributed by atoms with Crippen molar-refractivity contribution in [3.05, 3.63) is 94.2 Å². The van der Waals surface area contributed by atoms with E-state index in [9.17, 15) is 19.7 Å². The summed E-state index contributed by atoms with van der Waals surface area (Å²) in [5.74, 6) is 1.52. The minimum absolute atomic E-state index is 0.0441. The van der Waals surface area contributed by atoms with Crippen LogP contribution in [0.25, 0.3) is 15.9 Å². The number of rotatable bonds is 8. The number of amides is 3. The lowest BCUT2D eigenvalue weighted by Gasteiger charge is -2.14. The van der Waals surface area contributed by atoms with Crippen LogP contribution in [-0.2, 0) is 16.7 Å². The number of nitrogens with zero attached hydrogens (tertiary/aromatic N) is 4. The molecule has 0 atom stereocenters. The molecule has 44 heavy (non-hydrogen) atoms. The smallest absolute Gasteiger partial charge is 0.413 e. The molecule has 5 aromatic rings. The zero-order valence-electron chi connectivity index (χ0n) is 24.3. The van der Waals surface area contributed by atoms with Crippen molar-refractivity contribution in [3.63, 3.8) is 0 Å². The molecule has 226 valence electrons. The number of carbonyl (C=O) groups excluding carboxylic acids is 2. The molecule has 0 aliphatic heterocycles. The van der Waals surface area contributed by atoms with Crippen molar-refractivity contribution >= 4 is 50.3 Å². The molecule has 0 radical (unpaired) electrons. The molecule has 0 spiro atoms. The minimum Gasteiger partial charge on any atom is -0.457 e. The molecule has 3 N–H and O–H groups in total. The highest BCUT2D eigenvalue weighted by atomic mass is 32.1. The fraction of sp³-hybridized carbons (Fsp3) is 0.200. The molecule has 2 heterocycles. The molecule has 3 amide bonds. The summed E-state index contributed by atoms with van der Waals surface area (Å²) in [4.78, 5) is 39.6. The van der Waals surface area contributed by atoms with Gasteiger partial charge in [0.15, 0.2) is 5.13 Å². The van der Waals surface area contributed by atoms with E-state index in [2.05, 4.69) is 30.8 Å². The molecule has 0 aliphatic carbocycles. The van der Waals surface area contributed by atoms with Crippen molar-refractivity contribution in [1.82, 2.24) is 20.1 Å². The van der Waals surface area contributed by atoms with Gasteiger partial charge in [-0.05, 0) is 30.3 Å². The summed E-state index contributed by atoms with van der Waals surface area (Å²) in [6.07, 6.45) is -0.601. The van der Waals surface area contributed by atoms with Crippen LogP contribution in [0.2, 0.25) is 0 Å². The van der Waals surface area contributed by atoms with Crippen molar-refractivity contribution in [1.29, 1.82) is 0 Å². The van der Waals surface area contributed by atoms with Crippen molar-refractivity contribution in [2.75, 3.05) is 17.7 Å². The minimum atomic E-state index is -0.601. The van der Waals surface area contributed by atoms with Crippen molar-refractivity contribution in [2.45, 2.75) is 32.7 Å². The Hall–Kier alpha value is -5.50. The van der Waals surface area contributed by atoms with E-state index in [1.54, 1.807) is 41.1 Å². The number of benzene rings is 3. The number of para-hydroxylation sites is 1. The molecule has 0 fully saturated rings. The van der Waals surface area contributed by atoms with Crippen LogP contribution in [0.4, 0.5) is 26.2 Å². The normalized spacial score (nSPS) is 11.2. The Morgan fingerprint density at radius 2 is 1.77 bits per heavy atom. The Balaban J connectivity index is 1.29. The van der Waals surface area contributed by atoms with Crippen molar-refractivity contribution in [3.8, 4) is 17.2 Å². The van der Waals surface area contributed by atoms with Crippen LogP contribution >= 0.6 is 11.3 Å². The molecule has 0 bridgehead atoms. The molecule has 5 rings (SSSR count). The van der Waals surface area contributed by atoms with E-state index in [1.807, 2.05) is 45.0 Å². The van der Waals surface area contributed by atoms with Crippen molar-refractivity contribution in [2.24, 2.45) is 0 Å². The van der Waals surface area contributed by atoms with Gasteiger partial charge in [-0.3, -0.25) is 20.7 Å². The van der Waals surface area contributed by atoms with Gasteiger partial charge in [0, 0.05) is 41.8 Å². The van der Waals surface area contributed by atoms with Gasteiger partial charge in [-0.25, -0.2) is 19.3 Å². The number of aromatic nitrogens is 3. The van der Waals surface area contributed by atoms with Crippen LogP contribution < -0.4 is 20.7 Å². The van der Waals surface area contributed by atoms with E-state index < -0.39 is 17.0 Å². The standard InChI is InChI=1S/C30H29N7O6S/c1-30(2,3)25-16-26(36(35-25)19-9-11-20(12-10-19)37(40)41)33-27(38)31-17-18-7-5-6-8-23(18)43-21-13-14-22-24(15-21)44-28(32-22)34-29(39)42-4/h5-16H,17H2,1-4H3,(H2,31,33,38)(H,32,34,39). The number of nitro benzene ring substituents is 1. The third-order valence-corrected chi connectivity index (χ3v) is 7.35. The molecule has 0 saturated carbocycles. The van der Waals surface area contributed by atoms with Gasteiger partial charge in [-0.15, -0.1) is 0 Å². The number of methoxy groups -OCH3 is 1. The number of nitrogens with one attached hydrogen (secondary N) is 3. The van der Waals surface area contributed by atoms with E-state index in [-0.39, 0.29) is 17.6 Å². The summed E-state index contributed by atoms with van der Waals surface area (Å²) in [6, 6.07) is 19.9. The number of fused-ring (bicyclic) bond motifs is 1. The predicted molar refractivity (Wildman–Crippen MR) is 167 cm³/mol. The van der Waals surface area contributed by atoms with Gasteiger partial charge in [-0.1, -0.05) is 50.3 Å². The second-order valence-corrected chi connectivity index (χ2v) is 11.7. The Morgan fingerprint density at radius 1 is 1.02 bits per heavy atom. The Morgan fingerprint density at radius 3 is 2.48 bits per heavy atom. The van der Waals surface area contributed by atoms with E-state index in [1.165, 1.54) is 30.6 Å². The molecule has 2 aromatic heterocycles. The number of non-ortho nitro benzene ring substituents is 1. The highest BCUT2D eigenvalue weighted by Crippen LogP contribution is 2.33. The summed E-state index contributed by atoms with van der Waals surface area (Å²) < 4.78 is 13.1. The van der Waals surface area contributed by atoms with Gasteiger partial charge in [0.2, 0.25) is 0 Å². The Labute approximate surface area is 256 Å². The highest BCUT2D eigenvalue weighted by molar-refractivity contribution is 7.22. The van der Waals surface area contributed by atoms with Crippen LogP contribution in [0.3, 0.4) is 0 Å². The second-order valence-electron chi connectivity index (χ2n) is 10.6. The molecular formula is C30H29N7O6S. The fourth-order valence-corrected chi connectivity index (χ4v) is 5.00. The molecule has 3 aromatic carbocycles. The van der Waals surface area contributed by atoms with Gasteiger partial charge >= 0.3 is 12.1 Å². The summed E-state index contributed by atoms with van der Waals surface area (Å²) >= 11 is 1.28. The van der Waals surface area contributed by atoms with Crippen LogP contribution in [0.5, 0.6) is 11.5 Å². The highest BCUT2D eigenvalue weighted by Gasteiger charge is 2.22. The molecule has 0 aliphatic rings. The van der Waals surface area contributed by atoms with E-state index in [0.717, 1.165) is 16.0 Å². The molecular weight excluding hydrogens is 586 g/mol. The summed E-state index contributed by atoms with van der Waals surface area (Å²) in [7, 11) is 1.28. The van der Waals surface area contributed by atoms with E-state index in [4.69, 9.17) is 4.74 Å². The zero-order chi connectivity index (χ0) is 31.4. The first-order valence-corrected chi connectivity index (χ1v) is 14.2. The van der Waals surface area contributed by atoms with E-state index >= 15 is 0 Å². The predicted octanol–water partition coefficient (Wildman–Crippen LogP) is 6.98. The van der Waals surface area contributed by atoms with E-state index in [0.29, 0.717) is 33.7 Å². The lowest BCUT2D eigenvalue weighted by atomic mass is 9.92. The Kier molecular flexibility index (Phi) is 8.44. The maximum absolute atomic E-state index is 13.1. The van der Waals surface area contributed by atoms with Gasteiger partial charge in [0.25, 0.3) is 5.69 Å². The molecule has 0 unspecified atom stereocenters. The molecule has 14 heteroatoms. The first-order valence-electron chi connectivity index (χ1n) is 13.4. The SMILES string of the molecule is COC(=O)Nc1nc2ccc(Oc3ccccc3CNC(=O)Nc3cc(C(C)(C)C)nn3-c3ccc([N+](=O)[O-])cc3)cc2s1. The average molecular weight is 616 g/mol. The maximum Gasteiger partial charge on any atom is 0.413 e. The van der Waals surface area contributed by atoms with Gasteiger partial charge in [0.1, 0.15) is 17.3 Å². The van der Waals surface area contributed by atoms with Crippen LogP contribution in [0.15, 0.2) is 72.8 Å². The first-order chi connectivity index (χ1) is 21.0. The number of carbonyl (C=O) groups is 2. The summed E-state index contributed by atoms with van der Waals surface area (Å²) in [5.41, 5.74) is 2.37.